The first-order valence-electron chi connectivity index (χ1n) is 12.1. The number of hydrogen-bond donors (Lipinski definition) is 4. The van der Waals surface area contributed by atoms with Crippen molar-refractivity contribution in [1.82, 2.24) is 21.1 Å². The molecule has 4 N–H and O–H groups in total. The highest BCUT2D eigenvalue weighted by Crippen LogP contribution is 2.29. The molecule has 0 bridgehead atoms. The Morgan fingerprint density at radius 1 is 1.19 bits per heavy atom. The highest BCUT2D eigenvalue weighted by atomic mass is 16.5. The molecule has 3 heterocycles. The second kappa shape index (κ2) is 11.0. The van der Waals surface area contributed by atoms with Gasteiger partial charge in [-0.05, 0) is 61.9 Å². The van der Waals surface area contributed by atoms with Crippen LogP contribution in [-0.2, 0) is 9.59 Å². The lowest BCUT2D eigenvalue weighted by Crippen LogP contribution is -2.60. The lowest BCUT2D eigenvalue weighted by Gasteiger charge is -2.37. The third kappa shape index (κ3) is 5.46. The predicted octanol–water partition coefficient (Wildman–Crippen LogP) is 2.12. The van der Waals surface area contributed by atoms with Gasteiger partial charge in [-0.15, -0.1) is 0 Å². The Balaban J connectivity index is 1.48. The topological polar surface area (TPSA) is 136 Å². The Labute approximate surface area is 210 Å². The van der Waals surface area contributed by atoms with Gasteiger partial charge in [-0.2, -0.15) is 5.26 Å². The van der Waals surface area contributed by atoms with E-state index in [1.165, 1.54) is 0 Å². The van der Waals surface area contributed by atoms with Crippen LogP contribution in [-0.4, -0.2) is 53.2 Å². The molecule has 1 amide bonds. The summed E-state index contributed by atoms with van der Waals surface area (Å²) in [5, 5.41) is 25.2. The van der Waals surface area contributed by atoms with E-state index in [4.69, 9.17) is 4.74 Å². The van der Waals surface area contributed by atoms with Gasteiger partial charge in [0.25, 0.3) is 0 Å². The van der Waals surface area contributed by atoms with Gasteiger partial charge in [0, 0.05) is 24.8 Å². The molecule has 0 saturated carbocycles. The molecule has 0 radical (unpaired) electrons. The fraction of sp³-hybridized carbons (Fsp3) is 0.407. The zero-order valence-corrected chi connectivity index (χ0v) is 20.7. The van der Waals surface area contributed by atoms with Crippen molar-refractivity contribution in [2.45, 2.75) is 51.8 Å². The van der Waals surface area contributed by atoms with Crippen LogP contribution >= 0.6 is 0 Å². The summed E-state index contributed by atoms with van der Waals surface area (Å²) < 4.78 is 5.96. The summed E-state index contributed by atoms with van der Waals surface area (Å²) in [7, 11) is 0. The second-order valence-corrected chi connectivity index (χ2v) is 9.45. The standard InChI is InChI=1S/C27H31N5O4/c1-15-9-19(10-16(2)22(15)13-28)18-7-8-29-23(11-18)26(33)25-21(27(34)32-35)12-20(14-30-25)36-24-6-4-5-17(3)31-24/h4-7,9-10,20-21,23,25,29-30,35H,8,11-12,14H2,1-3H3,(H,32,34)/t20-,21-,23?,25-/m0/s1. The zero-order chi connectivity index (χ0) is 25.8. The monoisotopic (exact) mass is 489 g/mol. The van der Waals surface area contributed by atoms with Crippen LogP contribution in [0.15, 0.2) is 36.4 Å². The number of ether oxygens (including phenoxy) is 1. The second-order valence-electron chi connectivity index (χ2n) is 9.45. The van der Waals surface area contributed by atoms with Gasteiger partial charge >= 0.3 is 0 Å². The molecule has 1 unspecified atom stereocenters. The van der Waals surface area contributed by atoms with E-state index in [0.29, 0.717) is 31.0 Å². The minimum atomic E-state index is -0.804. The van der Waals surface area contributed by atoms with Crippen molar-refractivity contribution in [1.29, 1.82) is 5.26 Å². The molecule has 36 heavy (non-hydrogen) atoms. The number of aryl methyl sites for hydroxylation is 3. The molecule has 2 aliphatic rings. The van der Waals surface area contributed by atoms with Gasteiger partial charge < -0.3 is 15.4 Å². The van der Waals surface area contributed by atoms with Crippen LogP contribution in [0, 0.1) is 38.0 Å². The summed E-state index contributed by atoms with van der Waals surface area (Å²) >= 11 is 0. The van der Waals surface area contributed by atoms with Crippen LogP contribution in [0.2, 0.25) is 0 Å². The minimum Gasteiger partial charge on any atom is -0.473 e. The molecule has 4 atom stereocenters. The molecule has 1 aromatic carbocycles. The average Bonchev–Trinajstić information content (AvgIpc) is 2.87. The zero-order valence-electron chi connectivity index (χ0n) is 20.7. The van der Waals surface area contributed by atoms with Crippen molar-refractivity contribution < 1.29 is 19.5 Å². The van der Waals surface area contributed by atoms with Gasteiger partial charge in [0.15, 0.2) is 5.78 Å². The number of hydrogen-bond acceptors (Lipinski definition) is 8. The molecular formula is C27H31N5O4. The Morgan fingerprint density at radius 2 is 1.94 bits per heavy atom. The number of benzene rings is 1. The largest absolute Gasteiger partial charge is 0.473 e. The SMILES string of the molecule is Cc1cccc(O[C@@H]2CN[C@H](C(=O)C3CC(c4cc(C)c(C#N)c(C)c4)=CCN3)[C@@H](C(=O)NO)C2)n1. The van der Waals surface area contributed by atoms with E-state index in [1.807, 2.05) is 45.0 Å². The summed E-state index contributed by atoms with van der Waals surface area (Å²) in [6, 6.07) is 10.4. The van der Waals surface area contributed by atoms with Crippen LogP contribution in [0.1, 0.15) is 40.8 Å². The van der Waals surface area contributed by atoms with Crippen LogP contribution in [0.4, 0.5) is 0 Å². The molecule has 1 aromatic heterocycles. The van der Waals surface area contributed by atoms with E-state index in [-0.39, 0.29) is 18.3 Å². The molecule has 1 fully saturated rings. The van der Waals surface area contributed by atoms with Crippen LogP contribution in [0.5, 0.6) is 5.88 Å². The number of piperidine rings is 1. The van der Waals surface area contributed by atoms with Crippen molar-refractivity contribution >= 4 is 17.3 Å². The van der Waals surface area contributed by atoms with Crippen LogP contribution in [0.3, 0.4) is 0 Å². The number of aromatic nitrogens is 1. The Kier molecular flexibility index (Phi) is 7.79. The molecule has 4 rings (SSSR count). The summed E-state index contributed by atoms with van der Waals surface area (Å²) in [4.78, 5) is 30.5. The van der Waals surface area contributed by atoms with Gasteiger partial charge in [-0.1, -0.05) is 24.3 Å². The van der Waals surface area contributed by atoms with Crippen molar-refractivity contribution in [3.05, 3.63) is 64.4 Å². The van der Waals surface area contributed by atoms with E-state index in [9.17, 15) is 20.1 Å². The van der Waals surface area contributed by atoms with Gasteiger partial charge in [0.05, 0.1) is 29.6 Å². The average molecular weight is 490 g/mol. The number of hydroxylamine groups is 1. The van der Waals surface area contributed by atoms with E-state index in [2.05, 4.69) is 27.8 Å². The predicted molar refractivity (Wildman–Crippen MR) is 133 cm³/mol. The van der Waals surface area contributed by atoms with Gasteiger partial charge in [0.1, 0.15) is 6.10 Å². The molecule has 2 aromatic rings. The maximum Gasteiger partial charge on any atom is 0.248 e. The summed E-state index contributed by atoms with van der Waals surface area (Å²) in [5.41, 5.74) is 7.01. The minimum absolute atomic E-state index is 0.136. The van der Waals surface area contributed by atoms with E-state index in [1.54, 1.807) is 11.5 Å². The number of pyridine rings is 1. The molecular weight excluding hydrogens is 458 g/mol. The number of nitriles is 1. The van der Waals surface area contributed by atoms with Crippen LogP contribution in [0.25, 0.3) is 5.57 Å². The highest BCUT2D eigenvalue weighted by Gasteiger charge is 2.42. The molecule has 188 valence electrons. The molecule has 2 aliphatic heterocycles. The molecule has 0 spiro atoms. The maximum absolute atomic E-state index is 13.6. The summed E-state index contributed by atoms with van der Waals surface area (Å²) in [6.45, 7) is 6.56. The van der Waals surface area contributed by atoms with Crippen molar-refractivity contribution in [2.75, 3.05) is 13.1 Å². The number of ketones is 1. The summed E-state index contributed by atoms with van der Waals surface area (Å²) in [6.07, 6.45) is 2.39. The van der Waals surface area contributed by atoms with Crippen molar-refractivity contribution in [3.63, 3.8) is 0 Å². The summed E-state index contributed by atoms with van der Waals surface area (Å²) in [5.74, 6) is -1.12. The number of nitrogens with one attached hydrogen (secondary N) is 3. The Bertz CT molecular complexity index is 1210. The maximum atomic E-state index is 13.6. The van der Waals surface area contributed by atoms with E-state index in [0.717, 1.165) is 28.0 Å². The molecule has 9 nitrogen and oxygen atoms in total. The Morgan fingerprint density at radius 3 is 2.61 bits per heavy atom. The Hall–Kier alpha value is -3.58. The smallest absolute Gasteiger partial charge is 0.248 e. The lowest BCUT2D eigenvalue weighted by molar-refractivity contribution is -0.140. The molecule has 1 saturated heterocycles. The third-order valence-electron chi connectivity index (χ3n) is 6.88. The van der Waals surface area contributed by atoms with E-state index < -0.39 is 23.9 Å². The van der Waals surface area contributed by atoms with Crippen LogP contribution < -0.4 is 20.9 Å². The first-order valence-corrected chi connectivity index (χ1v) is 12.1. The first-order chi connectivity index (χ1) is 17.3. The molecule has 9 heteroatoms. The third-order valence-corrected chi connectivity index (χ3v) is 6.88. The first kappa shape index (κ1) is 25.5. The fourth-order valence-corrected chi connectivity index (χ4v) is 5.07. The number of carbonyl (C=O) groups is 2. The number of Topliss-reactive ketones (excluding diaryl/α,β-unsaturated/α-hetero) is 1. The van der Waals surface area contributed by atoms with Gasteiger partial charge in [-0.25, -0.2) is 10.5 Å². The van der Waals surface area contributed by atoms with Gasteiger partial charge in [0.2, 0.25) is 11.8 Å². The van der Waals surface area contributed by atoms with Gasteiger partial charge in [-0.3, -0.25) is 14.8 Å². The quantitative estimate of drug-likeness (QED) is 0.358. The normalized spacial score (nSPS) is 23.8. The number of nitrogens with zero attached hydrogens (tertiary/aromatic N) is 2. The number of carbonyl (C=O) groups excluding carboxylic acids is 2. The number of rotatable bonds is 6. The molecule has 0 aliphatic carbocycles. The number of amides is 1. The van der Waals surface area contributed by atoms with E-state index >= 15 is 0 Å². The highest BCUT2D eigenvalue weighted by molar-refractivity contribution is 5.96. The lowest BCUT2D eigenvalue weighted by atomic mass is 9.81. The van der Waals surface area contributed by atoms with Crippen molar-refractivity contribution in [2.24, 2.45) is 5.92 Å². The fourth-order valence-electron chi connectivity index (χ4n) is 5.07. The van der Waals surface area contributed by atoms with Crippen molar-refractivity contribution in [3.8, 4) is 11.9 Å².